The zero-order chi connectivity index (χ0) is 19.1. The maximum absolute atomic E-state index is 12.5. The minimum atomic E-state index is -0.597. The van der Waals surface area contributed by atoms with Crippen LogP contribution in [0.15, 0.2) is 42.5 Å². The fraction of sp³-hybridized carbons (Fsp3) is 0.333. The molecule has 1 N–H and O–H groups in total. The average Bonchev–Trinajstić information content (AvgIpc) is 2.63. The molecule has 0 heterocycles. The molecule has 0 fully saturated rings. The molecule has 138 valence electrons. The second-order valence-corrected chi connectivity index (χ2v) is 6.07. The van der Waals surface area contributed by atoms with Gasteiger partial charge in [-0.1, -0.05) is 19.1 Å². The smallest absolute Gasteiger partial charge is 0.338 e. The third-order valence-corrected chi connectivity index (χ3v) is 3.94. The minimum Gasteiger partial charge on any atom is -0.480 e. The number of hydrogen-bond donors (Lipinski definition) is 1. The van der Waals surface area contributed by atoms with Crippen molar-refractivity contribution in [1.29, 1.82) is 0 Å². The van der Waals surface area contributed by atoms with Gasteiger partial charge in [0.2, 0.25) is 0 Å². The molecule has 2 rings (SSSR count). The maximum Gasteiger partial charge on any atom is 0.338 e. The van der Waals surface area contributed by atoms with Gasteiger partial charge in [-0.15, -0.1) is 0 Å². The van der Waals surface area contributed by atoms with E-state index in [9.17, 15) is 9.59 Å². The van der Waals surface area contributed by atoms with Gasteiger partial charge in [0.25, 0.3) is 5.91 Å². The first-order chi connectivity index (χ1) is 12.4. The molecule has 5 heteroatoms. The predicted molar refractivity (Wildman–Crippen MR) is 102 cm³/mol. The highest BCUT2D eigenvalue weighted by molar-refractivity contribution is 5.95. The molecule has 0 radical (unpaired) electrons. The second kappa shape index (κ2) is 9.04. The van der Waals surface area contributed by atoms with E-state index in [0.29, 0.717) is 30.0 Å². The van der Waals surface area contributed by atoms with Gasteiger partial charge in [0, 0.05) is 5.69 Å². The van der Waals surface area contributed by atoms with E-state index >= 15 is 0 Å². The summed E-state index contributed by atoms with van der Waals surface area (Å²) < 4.78 is 10.9. The van der Waals surface area contributed by atoms with Crippen LogP contribution in [0, 0.1) is 13.8 Å². The van der Waals surface area contributed by atoms with Crippen LogP contribution >= 0.6 is 0 Å². The highest BCUT2D eigenvalue weighted by Gasteiger charge is 2.19. The normalized spacial score (nSPS) is 11.5. The number of esters is 1. The molecule has 26 heavy (non-hydrogen) atoms. The van der Waals surface area contributed by atoms with E-state index in [1.54, 1.807) is 31.2 Å². The molecular formula is C21H25NO4. The number of carbonyl (C=O) groups is 2. The Labute approximate surface area is 154 Å². The van der Waals surface area contributed by atoms with Crippen molar-refractivity contribution in [2.75, 3.05) is 11.9 Å². The van der Waals surface area contributed by atoms with E-state index in [2.05, 4.69) is 5.32 Å². The lowest BCUT2D eigenvalue weighted by atomic mass is 10.1. The fourth-order valence-corrected chi connectivity index (χ4v) is 2.44. The average molecular weight is 355 g/mol. The molecule has 1 atom stereocenters. The second-order valence-electron chi connectivity index (χ2n) is 6.07. The molecule has 0 spiro atoms. The van der Waals surface area contributed by atoms with E-state index in [4.69, 9.17) is 9.47 Å². The molecule has 1 amide bonds. The van der Waals surface area contributed by atoms with Crippen LogP contribution < -0.4 is 10.1 Å². The van der Waals surface area contributed by atoms with Gasteiger partial charge in [0.1, 0.15) is 5.75 Å². The Balaban J connectivity index is 2.04. The molecule has 0 saturated carbocycles. The van der Waals surface area contributed by atoms with Gasteiger partial charge in [0.05, 0.1) is 12.2 Å². The van der Waals surface area contributed by atoms with Gasteiger partial charge in [-0.25, -0.2) is 4.79 Å². The van der Waals surface area contributed by atoms with Crippen molar-refractivity contribution in [2.45, 2.75) is 40.2 Å². The SMILES string of the molecule is CCOC(=O)c1ccc(NC(=O)[C@H](CC)Oc2cc(C)ccc2C)cc1. The van der Waals surface area contributed by atoms with Crippen molar-refractivity contribution >= 4 is 17.6 Å². The number of benzene rings is 2. The summed E-state index contributed by atoms with van der Waals surface area (Å²) >= 11 is 0. The Morgan fingerprint density at radius 2 is 1.73 bits per heavy atom. The molecule has 0 aliphatic rings. The summed E-state index contributed by atoms with van der Waals surface area (Å²) in [6.45, 7) is 7.92. The van der Waals surface area contributed by atoms with Gasteiger partial charge in [-0.2, -0.15) is 0 Å². The summed E-state index contributed by atoms with van der Waals surface area (Å²) in [7, 11) is 0. The summed E-state index contributed by atoms with van der Waals surface area (Å²) in [6.07, 6.45) is -0.0552. The zero-order valence-corrected chi connectivity index (χ0v) is 15.7. The van der Waals surface area contributed by atoms with E-state index < -0.39 is 6.10 Å². The number of nitrogens with one attached hydrogen (secondary N) is 1. The summed E-state index contributed by atoms with van der Waals surface area (Å²) in [5.74, 6) is 0.108. The molecule has 2 aromatic carbocycles. The highest BCUT2D eigenvalue weighted by Crippen LogP contribution is 2.22. The quantitative estimate of drug-likeness (QED) is 0.753. The molecule has 5 nitrogen and oxygen atoms in total. The van der Waals surface area contributed by atoms with E-state index in [1.807, 2.05) is 39.0 Å². The first kappa shape index (κ1) is 19.5. The third kappa shape index (κ3) is 5.09. The van der Waals surface area contributed by atoms with Crippen molar-refractivity contribution in [1.82, 2.24) is 0 Å². The number of rotatable bonds is 7. The first-order valence-electron chi connectivity index (χ1n) is 8.76. The van der Waals surface area contributed by atoms with Crippen LogP contribution in [0.4, 0.5) is 5.69 Å². The van der Waals surface area contributed by atoms with Crippen molar-refractivity contribution < 1.29 is 19.1 Å². The minimum absolute atomic E-state index is 0.225. The fourth-order valence-electron chi connectivity index (χ4n) is 2.44. The molecule has 0 saturated heterocycles. The topological polar surface area (TPSA) is 64.6 Å². The highest BCUT2D eigenvalue weighted by atomic mass is 16.5. The Hall–Kier alpha value is -2.82. The van der Waals surface area contributed by atoms with Gasteiger partial charge in [-0.05, 0) is 68.7 Å². The molecule has 0 aliphatic heterocycles. The summed E-state index contributed by atoms with van der Waals surface area (Å²) in [5, 5.41) is 2.83. The van der Waals surface area contributed by atoms with Crippen molar-refractivity contribution in [3.05, 3.63) is 59.2 Å². The lowest BCUT2D eigenvalue weighted by Gasteiger charge is -2.19. The zero-order valence-electron chi connectivity index (χ0n) is 15.7. The van der Waals surface area contributed by atoms with Gasteiger partial charge < -0.3 is 14.8 Å². The molecule has 0 aromatic heterocycles. The largest absolute Gasteiger partial charge is 0.480 e. The summed E-state index contributed by atoms with van der Waals surface area (Å²) in [4.78, 5) is 24.2. The first-order valence-corrected chi connectivity index (χ1v) is 8.76. The van der Waals surface area contributed by atoms with Gasteiger partial charge >= 0.3 is 5.97 Å². The lowest BCUT2D eigenvalue weighted by Crippen LogP contribution is -2.32. The number of hydrogen-bond acceptors (Lipinski definition) is 4. The van der Waals surface area contributed by atoms with Gasteiger partial charge in [-0.3, -0.25) is 4.79 Å². The Bertz CT molecular complexity index is 768. The number of anilines is 1. The molecule has 0 aliphatic carbocycles. The van der Waals surface area contributed by atoms with E-state index in [1.165, 1.54) is 0 Å². The number of carbonyl (C=O) groups excluding carboxylic acids is 2. The van der Waals surface area contributed by atoms with Crippen LogP contribution in [-0.4, -0.2) is 24.6 Å². The predicted octanol–water partition coefficient (Wildman–Crippen LogP) is 4.28. The molecule has 0 unspecified atom stereocenters. The van der Waals surface area contributed by atoms with Crippen LogP contribution in [0.25, 0.3) is 0 Å². The Morgan fingerprint density at radius 3 is 2.35 bits per heavy atom. The third-order valence-electron chi connectivity index (χ3n) is 3.94. The number of aryl methyl sites for hydroxylation is 2. The van der Waals surface area contributed by atoms with Crippen LogP contribution in [0.2, 0.25) is 0 Å². The van der Waals surface area contributed by atoms with E-state index in [-0.39, 0.29) is 11.9 Å². The maximum atomic E-state index is 12.5. The lowest BCUT2D eigenvalue weighted by molar-refractivity contribution is -0.122. The summed E-state index contributed by atoms with van der Waals surface area (Å²) in [5.41, 5.74) is 3.12. The van der Waals surface area contributed by atoms with E-state index in [0.717, 1.165) is 11.1 Å². The number of ether oxygens (including phenoxy) is 2. The van der Waals surface area contributed by atoms with Crippen molar-refractivity contribution in [3.8, 4) is 5.75 Å². The standard InChI is InChI=1S/C21H25NO4/c1-5-18(26-19-13-14(3)7-8-15(19)4)20(23)22-17-11-9-16(10-12-17)21(24)25-6-2/h7-13,18H,5-6H2,1-4H3,(H,22,23)/t18-/m0/s1. The molecule has 0 bridgehead atoms. The Kier molecular flexibility index (Phi) is 6.78. The monoisotopic (exact) mass is 355 g/mol. The van der Waals surface area contributed by atoms with Crippen LogP contribution in [-0.2, 0) is 9.53 Å². The van der Waals surface area contributed by atoms with Crippen LogP contribution in [0.3, 0.4) is 0 Å². The van der Waals surface area contributed by atoms with Crippen molar-refractivity contribution in [3.63, 3.8) is 0 Å². The Morgan fingerprint density at radius 1 is 1.04 bits per heavy atom. The number of amides is 1. The van der Waals surface area contributed by atoms with Crippen molar-refractivity contribution in [2.24, 2.45) is 0 Å². The molecule has 2 aromatic rings. The molecular weight excluding hydrogens is 330 g/mol. The summed E-state index contributed by atoms with van der Waals surface area (Å²) in [6, 6.07) is 12.5. The van der Waals surface area contributed by atoms with Crippen LogP contribution in [0.5, 0.6) is 5.75 Å². The van der Waals surface area contributed by atoms with Crippen LogP contribution in [0.1, 0.15) is 41.8 Å². The van der Waals surface area contributed by atoms with Gasteiger partial charge in [0.15, 0.2) is 6.10 Å².